The maximum atomic E-state index is 11.7. The fourth-order valence-electron chi connectivity index (χ4n) is 1.04. The Morgan fingerprint density at radius 1 is 1.27 bits per heavy atom. The fraction of sp³-hybridized carbons (Fsp3) is 0.273. The van der Waals surface area contributed by atoms with Crippen molar-refractivity contribution in [1.82, 2.24) is 4.72 Å². The minimum Gasteiger partial charge on any atom is -0.287 e. The zero-order valence-corrected chi connectivity index (χ0v) is 9.71. The molecule has 1 aromatic rings. The van der Waals surface area contributed by atoms with Crippen LogP contribution in [0.25, 0.3) is 0 Å². The lowest BCUT2D eigenvalue weighted by atomic mass is 10.2. The molecule has 0 aliphatic carbocycles. The molecule has 0 radical (unpaired) electrons. The van der Waals surface area contributed by atoms with Gasteiger partial charge in [0.05, 0.1) is 4.90 Å². The summed E-state index contributed by atoms with van der Waals surface area (Å²) in [6, 6.07) is 6.74. The monoisotopic (exact) mass is 225 g/mol. The average molecular weight is 225 g/mol. The molecular weight excluding hydrogens is 210 g/mol. The van der Waals surface area contributed by atoms with Gasteiger partial charge in [-0.2, -0.15) is 0 Å². The van der Waals surface area contributed by atoms with Crippen molar-refractivity contribution in [2.24, 2.45) is 0 Å². The summed E-state index contributed by atoms with van der Waals surface area (Å²) in [5.74, 6) is 0. The number of hydrogen-bond donors (Lipinski definition) is 1. The number of rotatable bonds is 4. The van der Waals surface area contributed by atoms with E-state index in [9.17, 15) is 8.42 Å². The highest BCUT2D eigenvalue weighted by Crippen LogP contribution is 2.09. The van der Waals surface area contributed by atoms with E-state index in [-0.39, 0.29) is 4.90 Å². The zero-order chi connectivity index (χ0) is 11.3. The third-order valence-electron chi connectivity index (χ3n) is 1.91. The molecule has 0 amide bonds. The molecule has 0 aliphatic rings. The smallest absolute Gasteiger partial charge is 0.261 e. The lowest BCUT2D eigenvalue weighted by Gasteiger charge is -2.03. The fourth-order valence-corrected chi connectivity index (χ4v) is 1.95. The number of allylic oxidation sites excluding steroid dienone is 1. The Hall–Kier alpha value is -1.29. The Morgan fingerprint density at radius 2 is 1.87 bits per heavy atom. The second-order valence-corrected chi connectivity index (χ2v) is 4.96. The van der Waals surface area contributed by atoms with Crippen molar-refractivity contribution in [3.8, 4) is 0 Å². The summed E-state index contributed by atoms with van der Waals surface area (Å²) < 4.78 is 25.7. The van der Waals surface area contributed by atoms with Crippen molar-refractivity contribution < 1.29 is 8.42 Å². The molecule has 0 saturated heterocycles. The Balaban J connectivity index is 2.87. The van der Waals surface area contributed by atoms with Crippen molar-refractivity contribution in [2.75, 3.05) is 0 Å². The van der Waals surface area contributed by atoms with E-state index in [2.05, 4.69) is 4.72 Å². The molecule has 0 bridgehead atoms. The van der Waals surface area contributed by atoms with Gasteiger partial charge >= 0.3 is 0 Å². The maximum Gasteiger partial charge on any atom is 0.261 e. The van der Waals surface area contributed by atoms with Gasteiger partial charge in [-0.15, -0.1) is 0 Å². The second kappa shape index (κ2) is 4.98. The van der Waals surface area contributed by atoms with Gasteiger partial charge in [-0.1, -0.05) is 30.7 Å². The summed E-state index contributed by atoms with van der Waals surface area (Å²) in [6.45, 7) is 3.86. The minimum absolute atomic E-state index is 0.286. The number of sulfonamides is 1. The first kappa shape index (κ1) is 11.8. The van der Waals surface area contributed by atoms with Crippen LogP contribution in [0, 0.1) is 6.92 Å². The van der Waals surface area contributed by atoms with E-state index in [0.717, 1.165) is 12.0 Å². The van der Waals surface area contributed by atoms with Crippen LogP contribution in [0.3, 0.4) is 0 Å². The van der Waals surface area contributed by atoms with Crippen LogP contribution >= 0.6 is 0 Å². The SMILES string of the molecule is CCC=CNS(=O)(=O)c1ccc(C)cc1. The van der Waals surface area contributed by atoms with Gasteiger partial charge in [0, 0.05) is 6.20 Å². The van der Waals surface area contributed by atoms with Crippen molar-refractivity contribution in [2.45, 2.75) is 25.2 Å². The van der Waals surface area contributed by atoms with Crippen molar-refractivity contribution in [3.05, 3.63) is 42.1 Å². The van der Waals surface area contributed by atoms with Crippen LogP contribution in [0.5, 0.6) is 0 Å². The summed E-state index contributed by atoms with van der Waals surface area (Å²) in [5, 5.41) is 0. The van der Waals surface area contributed by atoms with Crippen LogP contribution in [0.2, 0.25) is 0 Å². The molecule has 0 heterocycles. The predicted octanol–water partition coefficient (Wildman–Crippen LogP) is 2.20. The van der Waals surface area contributed by atoms with Crippen molar-refractivity contribution >= 4 is 10.0 Å². The highest BCUT2D eigenvalue weighted by atomic mass is 32.2. The highest BCUT2D eigenvalue weighted by molar-refractivity contribution is 7.89. The molecule has 0 unspecified atom stereocenters. The summed E-state index contributed by atoms with van der Waals surface area (Å²) in [6.07, 6.45) is 4.01. The van der Waals surface area contributed by atoms with Crippen molar-refractivity contribution in [1.29, 1.82) is 0 Å². The molecule has 0 spiro atoms. The van der Waals surface area contributed by atoms with Gasteiger partial charge in [0.25, 0.3) is 10.0 Å². The largest absolute Gasteiger partial charge is 0.287 e. The molecule has 15 heavy (non-hydrogen) atoms. The van der Waals surface area contributed by atoms with Crippen LogP contribution in [-0.4, -0.2) is 8.42 Å². The Morgan fingerprint density at radius 3 is 2.40 bits per heavy atom. The van der Waals surface area contributed by atoms with E-state index < -0.39 is 10.0 Å². The molecule has 0 saturated carbocycles. The maximum absolute atomic E-state index is 11.7. The first-order chi connectivity index (χ1) is 7.06. The van der Waals surface area contributed by atoms with Crippen LogP contribution in [0.15, 0.2) is 41.4 Å². The highest BCUT2D eigenvalue weighted by Gasteiger charge is 2.10. The Labute approximate surface area is 90.9 Å². The van der Waals surface area contributed by atoms with E-state index >= 15 is 0 Å². The van der Waals surface area contributed by atoms with Gasteiger partial charge < -0.3 is 0 Å². The molecule has 1 aromatic carbocycles. The van der Waals surface area contributed by atoms with E-state index in [1.165, 1.54) is 6.20 Å². The van der Waals surface area contributed by atoms with Gasteiger partial charge in [0.1, 0.15) is 0 Å². The van der Waals surface area contributed by atoms with E-state index in [1.807, 2.05) is 13.8 Å². The molecule has 0 aromatic heterocycles. The minimum atomic E-state index is -3.39. The Kier molecular flexibility index (Phi) is 3.91. The summed E-state index contributed by atoms with van der Waals surface area (Å²) >= 11 is 0. The quantitative estimate of drug-likeness (QED) is 0.853. The van der Waals surface area contributed by atoms with E-state index in [4.69, 9.17) is 0 Å². The molecule has 0 atom stereocenters. The molecular formula is C11H15NO2S. The third kappa shape index (κ3) is 3.40. The molecule has 3 nitrogen and oxygen atoms in total. The van der Waals surface area contributed by atoms with Gasteiger partial charge in [-0.25, -0.2) is 8.42 Å². The topological polar surface area (TPSA) is 46.2 Å². The molecule has 1 rings (SSSR count). The molecule has 1 N–H and O–H groups in total. The lowest BCUT2D eigenvalue weighted by Crippen LogP contribution is -2.17. The number of hydrogen-bond acceptors (Lipinski definition) is 2. The number of nitrogens with one attached hydrogen (secondary N) is 1. The summed E-state index contributed by atoms with van der Waals surface area (Å²) in [4.78, 5) is 0.286. The van der Waals surface area contributed by atoms with Crippen LogP contribution < -0.4 is 4.72 Å². The lowest BCUT2D eigenvalue weighted by molar-refractivity contribution is 0.590. The second-order valence-electron chi connectivity index (χ2n) is 3.24. The molecule has 0 fully saturated rings. The van der Waals surface area contributed by atoms with Crippen LogP contribution in [0.1, 0.15) is 18.9 Å². The third-order valence-corrected chi connectivity index (χ3v) is 3.25. The van der Waals surface area contributed by atoms with E-state index in [0.29, 0.717) is 0 Å². The summed E-state index contributed by atoms with van der Waals surface area (Å²) in [7, 11) is -3.39. The van der Waals surface area contributed by atoms with Gasteiger partial charge in [-0.05, 0) is 25.5 Å². The van der Waals surface area contributed by atoms with Crippen LogP contribution in [-0.2, 0) is 10.0 Å². The summed E-state index contributed by atoms with van der Waals surface area (Å²) in [5.41, 5.74) is 1.04. The standard InChI is InChI=1S/C11H15NO2S/c1-3-4-9-12-15(13,14)11-7-5-10(2)6-8-11/h4-9,12H,3H2,1-2H3. The Bertz CT molecular complexity index is 432. The molecule has 0 aliphatic heterocycles. The van der Waals surface area contributed by atoms with Gasteiger partial charge in [-0.3, -0.25) is 4.72 Å². The number of benzene rings is 1. The van der Waals surface area contributed by atoms with Crippen LogP contribution in [0.4, 0.5) is 0 Å². The molecule has 82 valence electrons. The first-order valence-corrected chi connectivity index (χ1v) is 6.28. The van der Waals surface area contributed by atoms with Crippen molar-refractivity contribution in [3.63, 3.8) is 0 Å². The van der Waals surface area contributed by atoms with E-state index in [1.54, 1.807) is 30.3 Å². The first-order valence-electron chi connectivity index (χ1n) is 4.80. The molecule has 4 heteroatoms. The van der Waals surface area contributed by atoms with Gasteiger partial charge in [0.2, 0.25) is 0 Å². The average Bonchev–Trinajstić information content (AvgIpc) is 2.18. The number of aryl methyl sites for hydroxylation is 1. The zero-order valence-electron chi connectivity index (χ0n) is 8.90. The predicted molar refractivity (Wildman–Crippen MR) is 60.9 cm³/mol. The van der Waals surface area contributed by atoms with Gasteiger partial charge in [0.15, 0.2) is 0 Å². The normalized spacial score (nSPS) is 11.9.